The largest absolute Gasteiger partial charge is 0.469 e. The second-order valence-electron chi connectivity index (χ2n) is 6.21. The van der Waals surface area contributed by atoms with Crippen molar-refractivity contribution in [1.29, 1.82) is 0 Å². The Morgan fingerprint density at radius 3 is 2.59 bits per heavy atom. The zero-order valence-electron chi connectivity index (χ0n) is 15.0. The number of anilines is 1. The molecule has 0 spiro atoms. The van der Waals surface area contributed by atoms with Crippen LogP contribution in [-0.4, -0.2) is 66.9 Å². The summed E-state index contributed by atoms with van der Waals surface area (Å²) in [5, 5.41) is 4.82. The molecule has 0 atom stereocenters. The lowest BCUT2D eigenvalue weighted by Gasteiger charge is -2.33. The van der Waals surface area contributed by atoms with Crippen molar-refractivity contribution < 1.29 is 22.4 Å². The van der Waals surface area contributed by atoms with Gasteiger partial charge in [-0.2, -0.15) is 4.31 Å². The standard InChI is InChI=1S/C16H20N4O5S2/c1-11-13(3-8-25-11)15(22)18-16-17-12(10-26-16)9-14(21)19-4-6-20(7-5-19)27(2,23)24/h3,8,10H,4-7,9H2,1-2H3,(H,17,18,22). The van der Waals surface area contributed by atoms with Crippen molar-refractivity contribution in [3.63, 3.8) is 0 Å². The molecule has 3 rings (SSSR count). The maximum absolute atomic E-state index is 12.4. The average Bonchev–Trinajstić information content (AvgIpc) is 3.23. The third-order valence-corrected chi connectivity index (χ3v) is 6.38. The minimum atomic E-state index is -3.23. The number of amides is 2. The predicted octanol–water partition coefficient (Wildman–Crippen LogP) is 0.943. The van der Waals surface area contributed by atoms with Gasteiger partial charge in [-0.25, -0.2) is 13.4 Å². The number of sulfonamides is 1. The van der Waals surface area contributed by atoms with E-state index < -0.39 is 10.0 Å². The van der Waals surface area contributed by atoms with Crippen LogP contribution in [0.25, 0.3) is 0 Å². The van der Waals surface area contributed by atoms with Crippen molar-refractivity contribution in [1.82, 2.24) is 14.2 Å². The van der Waals surface area contributed by atoms with Gasteiger partial charge in [0.1, 0.15) is 5.76 Å². The number of carbonyl (C=O) groups is 2. The molecule has 9 nitrogen and oxygen atoms in total. The predicted molar refractivity (Wildman–Crippen MR) is 100 cm³/mol. The summed E-state index contributed by atoms with van der Waals surface area (Å²) in [6.07, 6.45) is 2.72. The van der Waals surface area contributed by atoms with Gasteiger partial charge in [-0.05, 0) is 13.0 Å². The molecule has 146 valence electrons. The van der Waals surface area contributed by atoms with Gasteiger partial charge >= 0.3 is 0 Å². The number of hydrogen-bond acceptors (Lipinski definition) is 7. The first kappa shape index (κ1) is 19.5. The maximum Gasteiger partial charge on any atom is 0.260 e. The van der Waals surface area contributed by atoms with Crippen LogP contribution in [-0.2, 0) is 21.2 Å². The molecule has 2 aromatic rings. The highest BCUT2D eigenvalue weighted by atomic mass is 32.2. The van der Waals surface area contributed by atoms with Crippen LogP contribution in [0.15, 0.2) is 22.1 Å². The number of carbonyl (C=O) groups excluding carboxylic acids is 2. The van der Waals surface area contributed by atoms with Gasteiger partial charge in [0.25, 0.3) is 5.91 Å². The van der Waals surface area contributed by atoms with Crippen molar-refractivity contribution >= 4 is 38.3 Å². The van der Waals surface area contributed by atoms with E-state index in [0.29, 0.717) is 48.3 Å². The van der Waals surface area contributed by atoms with Crippen LogP contribution in [0.3, 0.4) is 0 Å². The lowest BCUT2D eigenvalue weighted by molar-refractivity contribution is -0.131. The van der Waals surface area contributed by atoms with Gasteiger partial charge < -0.3 is 9.32 Å². The average molecular weight is 412 g/mol. The highest BCUT2D eigenvalue weighted by Gasteiger charge is 2.26. The summed E-state index contributed by atoms with van der Waals surface area (Å²) in [6, 6.07) is 1.58. The summed E-state index contributed by atoms with van der Waals surface area (Å²) in [5.41, 5.74) is 1.00. The second-order valence-corrected chi connectivity index (χ2v) is 9.05. The molecular weight excluding hydrogens is 392 g/mol. The molecular formula is C16H20N4O5S2. The lowest BCUT2D eigenvalue weighted by atomic mass is 10.2. The number of piperazine rings is 1. The number of nitrogens with one attached hydrogen (secondary N) is 1. The number of aryl methyl sites for hydroxylation is 1. The highest BCUT2D eigenvalue weighted by molar-refractivity contribution is 7.88. The van der Waals surface area contributed by atoms with E-state index >= 15 is 0 Å². The van der Waals surface area contributed by atoms with Gasteiger partial charge in [-0.3, -0.25) is 14.9 Å². The number of hydrogen-bond donors (Lipinski definition) is 1. The Bertz CT molecular complexity index is 942. The third kappa shape index (κ3) is 4.73. The van der Waals surface area contributed by atoms with Gasteiger partial charge in [0.05, 0.1) is 30.2 Å². The second kappa shape index (κ2) is 7.79. The van der Waals surface area contributed by atoms with Crippen LogP contribution in [0.2, 0.25) is 0 Å². The first-order valence-corrected chi connectivity index (χ1v) is 11.0. The smallest absolute Gasteiger partial charge is 0.260 e. The van der Waals surface area contributed by atoms with Crippen LogP contribution in [0.4, 0.5) is 5.13 Å². The minimum Gasteiger partial charge on any atom is -0.469 e. The summed E-state index contributed by atoms with van der Waals surface area (Å²) in [4.78, 5) is 30.5. The molecule has 11 heteroatoms. The topological polar surface area (TPSA) is 113 Å². The summed E-state index contributed by atoms with van der Waals surface area (Å²) in [6.45, 7) is 3.02. The highest BCUT2D eigenvalue weighted by Crippen LogP contribution is 2.19. The van der Waals surface area contributed by atoms with Crippen molar-refractivity contribution in [3.8, 4) is 0 Å². The lowest BCUT2D eigenvalue weighted by Crippen LogP contribution is -2.50. The van der Waals surface area contributed by atoms with E-state index in [0.717, 1.165) is 0 Å². The SMILES string of the molecule is Cc1occc1C(=O)Nc1nc(CC(=O)N2CCN(S(C)(=O)=O)CC2)cs1. The van der Waals surface area contributed by atoms with Crippen molar-refractivity contribution in [2.45, 2.75) is 13.3 Å². The molecule has 1 N–H and O–H groups in total. The summed E-state index contributed by atoms with van der Waals surface area (Å²) < 4.78 is 29.5. The molecule has 0 unspecified atom stereocenters. The van der Waals surface area contributed by atoms with Crippen LogP contribution in [0.5, 0.6) is 0 Å². The van der Waals surface area contributed by atoms with Gasteiger partial charge in [-0.15, -0.1) is 11.3 Å². The zero-order chi connectivity index (χ0) is 19.6. The van der Waals surface area contributed by atoms with E-state index in [-0.39, 0.29) is 18.2 Å². The Morgan fingerprint density at radius 1 is 1.30 bits per heavy atom. The third-order valence-electron chi connectivity index (χ3n) is 4.27. The van der Waals surface area contributed by atoms with Crippen LogP contribution < -0.4 is 5.32 Å². The minimum absolute atomic E-state index is 0.107. The molecule has 0 bridgehead atoms. The van der Waals surface area contributed by atoms with Gasteiger partial charge in [0.2, 0.25) is 15.9 Å². The molecule has 1 fully saturated rings. The van der Waals surface area contributed by atoms with E-state index in [1.165, 1.54) is 28.2 Å². The van der Waals surface area contributed by atoms with Crippen molar-refractivity contribution in [3.05, 3.63) is 34.7 Å². The van der Waals surface area contributed by atoms with Crippen LogP contribution >= 0.6 is 11.3 Å². The van der Waals surface area contributed by atoms with E-state index in [1.807, 2.05) is 0 Å². The fraction of sp³-hybridized carbons (Fsp3) is 0.438. The normalized spacial score (nSPS) is 15.7. The zero-order valence-corrected chi connectivity index (χ0v) is 16.6. The first-order valence-electron chi connectivity index (χ1n) is 8.27. The fourth-order valence-corrected chi connectivity index (χ4v) is 4.30. The molecule has 2 aromatic heterocycles. The van der Waals surface area contributed by atoms with Gasteiger partial charge in [-0.1, -0.05) is 0 Å². The molecule has 0 saturated carbocycles. The number of nitrogens with zero attached hydrogens (tertiary/aromatic N) is 3. The van der Waals surface area contributed by atoms with Crippen molar-refractivity contribution in [2.24, 2.45) is 0 Å². The Morgan fingerprint density at radius 2 is 2.00 bits per heavy atom. The number of furan rings is 1. The van der Waals surface area contributed by atoms with E-state index in [9.17, 15) is 18.0 Å². The molecule has 0 radical (unpaired) electrons. The molecule has 1 aliphatic heterocycles. The first-order chi connectivity index (χ1) is 12.7. The van der Waals surface area contributed by atoms with E-state index in [2.05, 4.69) is 10.3 Å². The number of thiazole rings is 1. The van der Waals surface area contributed by atoms with E-state index in [1.54, 1.807) is 23.3 Å². The molecule has 2 amide bonds. The summed E-state index contributed by atoms with van der Waals surface area (Å²) in [7, 11) is -3.23. The number of aromatic nitrogens is 1. The fourth-order valence-electron chi connectivity index (χ4n) is 2.77. The van der Waals surface area contributed by atoms with Crippen LogP contribution in [0, 0.1) is 6.92 Å². The quantitative estimate of drug-likeness (QED) is 0.782. The molecule has 0 aliphatic carbocycles. The molecule has 1 saturated heterocycles. The Labute approximate surface area is 161 Å². The maximum atomic E-state index is 12.4. The van der Waals surface area contributed by atoms with Crippen molar-refractivity contribution in [2.75, 3.05) is 37.8 Å². The molecule has 27 heavy (non-hydrogen) atoms. The van der Waals surface area contributed by atoms with Gasteiger partial charge in [0.15, 0.2) is 5.13 Å². The molecule has 3 heterocycles. The van der Waals surface area contributed by atoms with E-state index in [4.69, 9.17) is 4.42 Å². The Kier molecular flexibility index (Phi) is 5.63. The Hall–Kier alpha value is -2.24. The monoisotopic (exact) mass is 412 g/mol. The van der Waals surface area contributed by atoms with Crippen LogP contribution in [0.1, 0.15) is 21.8 Å². The molecule has 1 aliphatic rings. The number of rotatable bonds is 5. The molecule has 0 aromatic carbocycles. The van der Waals surface area contributed by atoms with Gasteiger partial charge in [0, 0.05) is 31.6 Å². The summed E-state index contributed by atoms with van der Waals surface area (Å²) >= 11 is 1.24. The Balaban J connectivity index is 1.54. The summed E-state index contributed by atoms with van der Waals surface area (Å²) in [5.74, 6) is 0.0927.